The molecule has 2 aliphatic rings. The zero-order chi connectivity index (χ0) is 14.1. The topological polar surface area (TPSA) is 55.6 Å². The Morgan fingerprint density at radius 3 is 2.42 bits per heavy atom. The minimum absolute atomic E-state index is 0.157. The Morgan fingerprint density at radius 2 is 1.95 bits per heavy atom. The molecule has 0 bridgehead atoms. The number of hydrogen-bond donors (Lipinski definition) is 1. The van der Waals surface area contributed by atoms with Crippen molar-refractivity contribution in [2.24, 2.45) is 17.1 Å². The highest BCUT2D eigenvalue weighted by Crippen LogP contribution is 2.48. The summed E-state index contributed by atoms with van der Waals surface area (Å²) in [6.07, 6.45) is 5.88. The number of carbonyl (C=O) groups excluding carboxylic acids is 1. The van der Waals surface area contributed by atoms with Gasteiger partial charge in [-0.2, -0.15) is 0 Å². The minimum atomic E-state index is -0.399. The molecular weight excluding hydrogens is 240 g/mol. The van der Waals surface area contributed by atoms with Gasteiger partial charge in [0, 0.05) is 13.1 Å². The Kier molecular flexibility index (Phi) is 4.09. The summed E-state index contributed by atoms with van der Waals surface area (Å²) in [5.41, 5.74) is 5.85. The van der Waals surface area contributed by atoms with Crippen molar-refractivity contribution in [3.63, 3.8) is 0 Å². The van der Waals surface area contributed by atoms with E-state index in [1.165, 1.54) is 19.3 Å². The molecule has 4 heteroatoms. The van der Waals surface area contributed by atoms with E-state index in [-0.39, 0.29) is 6.09 Å². The van der Waals surface area contributed by atoms with Crippen molar-refractivity contribution in [2.45, 2.75) is 58.5 Å². The summed E-state index contributed by atoms with van der Waals surface area (Å²) in [5.74, 6) is 0.702. The molecule has 2 fully saturated rings. The van der Waals surface area contributed by atoms with Gasteiger partial charge in [-0.15, -0.1) is 0 Å². The Hall–Kier alpha value is -0.770. The van der Waals surface area contributed by atoms with E-state index in [4.69, 9.17) is 10.5 Å². The fraction of sp³-hybridized carbons (Fsp3) is 0.933. The quantitative estimate of drug-likeness (QED) is 0.795. The maximum Gasteiger partial charge on any atom is 0.410 e. The van der Waals surface area contributed by atoms with Gasteiger partial charge in [-0.25, -0.2) is 4.79 Å². The van der Waals surface area contributed by atoms with Crippen molar-refractivity contribution >= 4 is 6.09 Å². The van der Waals surface area contributed by atoms with E-state index in [1.807, 2.05) is 25.7 Å². The zero-order valence-electron chi connectivity index (χ0n) is 12.6. The molecule has 0 aromatic heterocycles. The van der Waals surface area contributed by atoms with Crippen molar-refractivity contribution in [1.82, 2.24) is 4.90 Å². The molecule has 0 aromatic rings. The molecule has 2 N–H and O–H groups in total. The Labute approximate surface area is 116 Å². The van der Waals surface area contributed by atoms with E-state index in [9.17, 15) is 4.79 Å². The van der Waals surface area contributed by atoms with Gasteiger partial charge in [-0.1, -0.05) is 0 Å². The van der Waals surface area contributed by atoms with Crippen LogP contribution < -0.4 is 5.73 Å². The second kappa shape index (κ2) is 5.31. The monoisotopic (exact) mass is 268 g/mol. The summed E-state index contributed by atoms with van der Waals surface area (Å²) >= 11 is 0. The number of rotatable bonds is 1. The summed E-state index contributed by atoms with van der Waals surface area (Å²) in [7, 11) is 0. The van der Waals surface area contributed by atoms with Gasteiger partial charge >= 0.3 is 6.09 Å². The molecule has 1 saturated carbocycles. The third-order valence-corrected chi connectivity index (χ3v) is 4.61. The molecule has 1 amide bonds. The van der Waals surface area contributed by atoms with E-state index in [2.05, 4.69) is 0 Å². The third-order valence-electron chi connectivity index (χ3n) is 4.61. The first kappa shape index (κ1) is 14.6. The van der Waals surface area contributed by atoms with Gasteiger partial charge in [-0.3, -0.25) is 0 Å². The average molecular weight is 268 g/mol. The van der Waals surface area contributed by atoms with Gasteiger partial charge < -0.3 is 15.4 Å². The first-order valence-electron chi connectivity index (χ1n) is 7.52. The number of hydrogen-bond acceptors (Lipinski definition) is 3. The second-order valence-electron chi connectivity index (χ2n) is 7.31. The predicted octanol–water partition coefficient (Wildman–Crippen LogP) is 2.76. The summed E-state index contributed by atoms with van der Waals surface area (Å²) in [6.45, 7) is 8.24. The van der Waals surface area contributed by atoms with Gasteiger partial charge in [0.05, 0.1) is 0 Å². The lowest BCUT2D eigenvalue weighted by atomic mass is 9.76. The van der Waals surface area contributed by atoms with Crippen LogP contribution in [0.2, 0.25) is 0 Å². The van der Waals surface area contributed by atoms with Crippen LogP contribution in [0.3, 0.4) is 0 Å². The molecule has 1 heterocycles. The first-order valence-corrected chi connectivity index (χ1v) is 7.52. The minimum Gasteiger partial charge on any atom is -0.444 e. The maximum atomic E-state index is 12.0. The summed E-state index contributed by atoms with van der Waals surface area (Å²) < 4.78 is 5.44. The van der Waals surface area contributed by atoms with Gasteiger partial charge in [0.2, 0.25) is 0 Å². The van der Waals surface area contributed by atoms with Crippen molar-refractivity contribution in [3.05, 3.63) is 0 Å². The van der Waals surface area contributed by atoms with Crippen LogP contribution in [0.5, 0.6) is 0 Å². The number of amides is 1. The largest absolute Gasteiger partial charge is 0.444 e. The van der Waals surface area contributed by atoms with Crippen LogP contribution in [0.1, 0.15) is 52.9 Å². The molecule has 4 nitrogen and oxygen atoms in total. The number of likely N-dealkylation sites (tertiary alicyclic amines) is 1. The summed E-state index contributed by atoms with van der Waals surface area (Å²) in [4.78, 5) is 13.9. The lowest BCUT2D eigenvalue weighted by molar-refractivity contribution is 0.0103. The van der Waals surface area contributed by atoms with Crippen LogP contribution in [0.25, 0.3) is 0 Å². The van der Waals surface area contributed by atoms with E-state index in [0.717, 1.165) is 32.5 Å². The molecule has 0 unspecified atom stereocenters. The molecule has 1 saturated heterocycles. The molecule has 2 rings (SSSR count). The van der Waals surface area contributed by atoms with Crippen molar-refractivity contribution < 1.29 is 9.53 Å². The van der Waals surface area contributed by atoms with Gasteiger partial charge in [0.25, 0.3) is 0 Å². The fourth-order valence-corrected chi connectivity index (χ4v) is 3.47. The standard InChI is InChI=1S/C15H28N2O2/c1-14(2,3)19-13(18)17-8-6-15(7-9-17)5-4-12(10-15)11-16/h12H,4-11,16H2,1-3H3/t12-/m1/s1. The van der Waals surface area contributed by atoms with E-state index < -0.39 is 5.60 Å². The SMILES string of the molecule is CC(C)(C)OC(=O)N1CCC2(CC[C@@H](CN)C2)CC1. The molecule has 1 spiro atoms. The van der Waals surface area contributed by atoms with Crippen LogP contribution in [-0.2, 0) is 4.74 Å². The molecule has 1 aliphatic heterocycles. The molecule has 0 radical (unpaired) electrons. The maximum absolute atomic E-state index is 12.0. The Bertz CT molecular complexity index is 328. The van der Waals surface area contributed by atoms with Gasteiger partial charge in [0.15, 0.2) is 0 Å². The van der Waals surface area contributed by atoms with Crippen LogP contribution in [0.4, 0.5) is 4.79 Å². The van der Waals surface area contributed by atoms with E-state index in [0.29, 0.717) is 11.3 Å². The lowest BCUT2D eigenvalue weighted by Crippen LogP contribution is -2.44. The normalized spacial score (nSPS) is 26.7. The van der Waals surface area contributed by atoms with Crippen molar-refractivity contribution in [2.75, 3.05) is 19.6 Å². The molecule has 0 aromatic carbocycles. The molecule has 19 heavy (non-hydrogen) atoms. The summed E-state index contributed by atoms with van der Waals surface area (Å²) in [6, 6.07) is 0. The highest BCUT2D eigenvalue weighted by molar-refractivity contribution is 5.68. The average Bonchev–Trinajstić information content (AvgIpc) is 2.71. The lowest BCUT2D eigenvalue weighted by Gasteiger charge is -2.40. The smallest absolute Gasteiger partial charge is 0.410 e. The van der Waals surface area contributed by atoms with E-state index >= 15 is 0 Å². The van der Waals surface area contributed by atoms with Gasteiger partial charge in [0.1, 0.15) is 5.60 Å². The fourth-order valence-electron chi connectivity index (χ4n) is 3.47. The van der Waals surface area contributed by atoms with Crippen molar-refractivity contribution in [3.8, 4) is 0 Å². The Balaban J connectivity index is 1.84. The number of carbonyl (C=O) groups is 1. The predicted molar refractivity (Wildman–Crippen MR) is 75.9 cm³/mol. The molecular formula is C15H28N2O2. The first-order chi connectivity index (χ1) is 8.84. The number of nitrogens with zero attached hydrogens (tertiary/aromatic N) is 1. The van der Waals surface area contributed by atoms with Crippen LogP contribution in [0, 0.1) is 11.3 Å². The Morgan fingerprint density at radius 1 is 1.32 bits per heavy atom. The second-order valence-corrected chi connectivity index (χ2v) is 7.31. The van der Waals surface area contributed by atoms with E-state index in [1.54, 1.807) is 0 Å². The van der Waals surface area contributed by atoms with Gasteiger partial charge in [-0.05, 0) is 70.8 Å². The third kappa shape index (κ3) is 3.62. The van der Waals surface area contributed by atoms with Crippen molar-refractivity contribution in [1.29, 1.82) is 0 Å². The summed E-state index contributed by atoms with van der Waals surface area (Å²) in [5, 5.41) is 0. The number of nitrogens with two attached hydrogens (primary N) is 1. The zero-order valence-corrected chi connectivity index (χ0v) is 12.6. The number of ether oxygens (including phenoxy) is 1. The van der Waals surface area contributed by atoms with Crippen LogP contribution in [-0.4, -0.2) is 36.2 Å². The number of piperidine rings is 1. The van der Waals surface area contributed by atoms with Crippen LogP contribution >= 0.6 is 0 Å². The molecule has 1 aliphatic carbocycles. The highest BCUT2D eigenvalue weighted by Gasteiger charge is 2.42. The highest BCUT2D eigenvalue weighted by atomic mass is 16.6. The molecule has 1 atom stereocenters. The molecule has 110 valence electrons. The van der Waals surface area contributed by atoms with Crippen LogP contribution in [0.15, 0.2) is 0 Å².